The van der Waals surface area contributed by atoms with E-state index >= 15 is 0 Å². The molecule has 0 aliphatic carbocycles. The molecule has 38 heavy (non-hydrogen) atoms. The Balaban J connectivity index is 1.39. The number of carbonyl (C=O) groups excluding carboxylic acids is 1. The molecule has 3 rings (SSSR count). The molecule has 1 amide bonds. The van der Waals surface area contributed by atoms with E-state index in [1.54, 1.807) is 12.1 Å². The van der Waals surface area contributed by atoms with Gasteiger partial charge in [-0.3, -0.25) is 4.79 Å². The van der Waals surface area contributed by atoms with Crippen LogP contribution in [0.15, 0.2) is 53.6 Å². The zero-order chi connectivity index (χ0) is 27.0. The van der Waals surface area contributed by atoms with Gasteiger partial charge in [0.25, 0.3) is 5.91 Å². The van der Waals surface area contributed by atoms with Crippen molar-refractivity contribution in [2.24, 2.45) is 0 Å². The highest BCUT2D eigenvalue weighted by molar-refractivity contribution is 8.03. The number of hydrogen-bond acceptors (Lipinski definition) is 4. The SMILES string of the molecule is CCCCCCCCCCCCCCOc1c(F)cccc1C(=O)Nc1cccc(CN2C=C(C)SC2)c1. The Kier molecular flexibility index (Phi) is 13.6. The molecule has 0 unspecified atom stereocenters. The number of anilines is 1. The van der Waals surface area contributed by atoms with Crippen LogP contribution in [0, 0.1) is 5.82 Å². The molecule has 1 aliphatic rings. The lowest BCUT2D eigenvalue weighted by atomic mass is 10.1. The van der Waals surface area contributed by atoms with Gasteiger partial charge in [0.2, 0.25) is 0 Å². The zero-order valence-corrected chi connectivity index (χ0v) is 24.1. The Morgan fingerprint density at radius 3 is 2.26 bits per heavy atom. The maximum absolute atomic E-state index is 14.6. The number of benzene rings is 2. The molecule has 0 atom stereocenters. The fourth-order valence-corrected chi connectivity index (χ4v) is 5.50. The summed E-state index contributed by atoms with van der Waals surface area (Å²) < 4.78 is 20.4. The maximum atomic E-state index is 14.6. The number of carbonyl (C=O) groups is 1. The smallest absolute Gasteiger partial charge is 0.259 e. The third-order valence-corrected chi connectivity index (χ3v) is 7.87. The second-order valence-corrected chi connectivity index (χ2v) is 11.5. The number of hydrogen-bond donors (Lipinski definition) is 1. The van der Waals surface area contributed by atoms with Gasteiger partial charge in [0.05, 0.1) is 18.0 Å². The number of amides is 1. The summed E-state index contributed by atoms with van der Waals surface area (Å²) in [6, 6.07) is 12.3. The van der Waals surface area contributed by atoms with E-state index < -0.39 is 5.82 Å². The van der Waals surface area contributed by atoms with Crippen LogP contribution in [0.3, 0.4) is 0 Å². The van der Waals surface area contributed by atoms with Gasteiger partial charge < -0.3 is 15.0 Å². The molecule has 0 spiro atoms. The van der Waals surface area contributed by atoms with Crippen LogP contribution in [-0.2, 0) is 6.54 Å². The number of halogens is 1. The molecule has 0 fully saturated rings. The summed E-state index contributed by atoms with van der Waals surface area (Å²) in [5.74, 6) is 0.114. The van der Waals surface area contributed by atoms with E-state index in [2.05, 4.69) is 30.3 Å². The van der Waals surface area contributed by atoms with Crippen LogP contribution in [0.2, 0.25) is 0 Å². The molecule has 208 valence electrons. The minimum atomic E-state index is -0.501. The first-order chi connectivity index (χ1) is 18.6. The van der Waals surface area contributed by atoms with Gasteiger partial charge in [-0.15, -0.1) is 11.8 Å². The number of unbranched alkanes of at least 4 members (excludes halogenated alkanes) is 11. The molecule has 1 aliphatic heterocycles. The van der Waals surface area contributed by atoms with E-state index in [1.165, 1.54) is 75.2 Å². The maximum Gasteiger partial charge on any atom is 0.259 e. The molecule has 0 bridgehead atoms. The predicted octanol–water partition coefficient (Wildman–Crippen LogP) is 9.53. The minimum absolute atomic E-state index is 0.0407. The lowest BCUT2D eigenvalue weighted by molar-refractivity contribution is 0.102. The van der Waals surface area contributed by atoms with Crippen molar-refractivity contribution in [2.45, 2.75) is 97.4 Å². The van der Waals surface area contributed by atoms with Crippen molar-refractivity contribution in [1.82, 2.24) is 4.90 Å². The molecular formula is C32H45FN2O2S. The molecule has 6 heteroatoms. The highest BCUT2D eigenvalue weighted by Gasteiger charge is 2.17. The van der Waals surface area contributed by atoms with Gasteiger partial charge >= 0.3 is 0 Å². The van der Waals surface area contributed by atoms with E-state index in [0.717, 1.165) is 30.8 Å². The minimum Gasteiger partial charge on any atom is -0.490 e. The standard InChI is InChI=1S/C32H45FN2O2S/c1-3-4-5-6-7-8-9-10-11-12-13-14-21-37-31-29(19-16-20-30(31)33)32(36)34-28-18-15-17-27(22-28)24-35-23-26(2)38-25-35/h15-20,22-23H,3-14,21,24-25H2,1-2H3,(H,34,36). The fourth-order valence-electron chi connectivity index (χ4n) is 4.74. The number of para-hydroxylation sites is 1. The Hall–Kier alpha value is -2.47. The first kappa shape index (κ1) is 30.1. The van der Waals surface area contributed by atoms with Crippen LogP contribution < -0.4 is 10.1 Å². The van der Waals surface area contributed by atoms with Crippen molar-refractivity contribution < 1.29 is 13.9 Å². The van der Waals surface area contributed by atoms with Crippen molar-refractivity contribution in [3.8, 4) is 5.75 Å². The lowest BCUT2D eigenvalue weighted by Crippen LogP contribution is -2.16. The summed E-state index contributed by atoms with van der Waals surface area (Å²) in [4.78, 5) is 16.6. The Morgan fingerprint density at radius 2 is 1.61 bits per heavy atom. The number of ether oxygens (including phenoxy) is 1. The second-order valence-electron chi connectivity index (χ2n) is 10.3. The van der Waals surface area contributed by atoms with E-state index in [1.807, 2.05) is 36.0 Å². The average molecular weight is 541 g/mol. The van der Waals surface area contributed by atoms with Gasteiger partial charge in [-0.25, -0.2) is 4.39 Å². The van der Waals surface area contributed by atoms with E-state index in [-0.39, 0.29) is 17.2 Å². The fraction of sp³-hybridized carbons (Fsp3) is 0.531. The van der Waals surface area contributed by atoms with Gasteiger partial charge in [-0.1, -0.05) is 95.8 Å². The first-order valence-electron chi connectivity index (χ1n) is 14.4. The molecule has 1 heterocycles. The summed E-state index contributed by atoms with van der Waals surface area (Å²) in [5, 5.41) is 2.92. The van der Waals surface area contributed by atoms with Crippen molar-refractivity contribution in [3.05, 3.63) is 70.5 Å². The van der Waals surface area contributed by atoms with Crippen LogP contribution in [0.4, 0.5) is 10.1 Å². The molecule has 0 saturated heterocycles. The number of nitrogens with zero attached hydrogens (tertiary/aromatic N) is 1. The van der Waals surface area contributed by atoms with Crippen LogP contribution in [-0.4, -0.2) is 23.3 Å². The Labute approximate surface area is 233 Å². The highest BCUT2D eigenvalue weighted by atomic mass is 32.2. The zero-order valence-electron chi connectivity index (χ0n) is 23.3. The van der Waals surface area contributed by atoms with Gasteiger partial charge in [-0.05, 0) is 48.1 Å². The molecule has 0 saturated carbocycles. The summed E-state index contributed by atoms with van der Waals surface area (Å²) in [6.45, 7) is 5.56. The normalized spacial score (nSPS) is 13.0. The van der Waals surface area contributed by atoms with Crippen LogP contribution in [0.5, 0.6) is 5.75 Å². The summed E-state index contributed by atoms with van der Waals surface area (Å²) in [6.07, 6.45) is 17.3. The Morgan fingerprint density at radius 1 is 0.947 bits per heavy atom. The Bertz CT molecular complexity index is 1030. The third kappa shape index (κ3) is 10.7. The van der Waals surface area contributed by atoms with Crippen molar-refractivity contribution >= 4 is 23.4 Å². The van der Waals surface area contributed by atoms with E-state index in [0.29, 0.717) is 12.3 Å². The topological polar surface area (TPSA) is 41.6 Å². The summed E-state index contributed by atoms with van der Waals surface area (Å²) in [7, 11) is 0. The van der Waals surface area contributed by atoms with Gasteiger partial charge in [0.15, 0.2) is 11.6 Å². The number of rotatable bonds is 18. The molecule has 0 radical (unpaired) electrons. The van der Waals surface area contributed by atoms with Gasteiger partial charge in [0, 0.05) is 18.4 Å². The summed E-state index contributed by atoms with van der Waals surface area (Å²) >= 11 is 1.82. The number of thioether (sulfide) groups is 1. The molecule has 2 aromatic carbocycles. The first-order valence-corrected chi connectivity index (χ1v) is 15.4. The highest BCUT2D eigenvalue weighted by Crippen LogP contribution is 2.27. The molecule has 0 aromatic heterocycles. The lowest BCUT2D eigenvalue weighted by Gasteiger charge is -2.16. The number of nitrogens with one attached hydrogen (secondary N) is 1. The largest absolute Gasteiger partial charge is 0.490 e. The third-order valence-electron chi connectivity index (χ3n) is 6.85. The monoisotopic (exact) mass is 540 g/mol. The molecule has 1 N–H and O–H groups in total. The molecular weight excluding hydrogens is 495 g/mol. The average Bonchev–Trinajstić information content (AvgIpc) is 3.31. The van der Waals surface area contributed by atoms with Gasteiger partial charge in [0.1, 0.15) is 0 Å². The van der Waals surface area contributed by atoms with Crippen LogP contribution in [0.25, 0.3) is 0 Å². The van der Waals surface area contributed by atoms with Crippen molar-refractivity contribution in [3.63, 3.8) is 0 Å². The van der Waals surface area contributed by atoms with Crippen LogP contribution in [0.1, 0.15) is 107 Å². The van der Waals surface area contributed by atoms with Crippen LogP contribution >= 0.6 is 11.8 Å². The van der Waals surface area contributed by atoms with Crippen molar-refractivity contribution in [2.75, 3.05) is 17.8 Å². The van der Waals surface area contributed by atoms with Gasteiger partial charge in [-0.2, -0.15) is 0 Å². The number of allylic oxidation sites excluding steroid dienone is 1. The second kappa shape index (κ2) is 17.2. The van der Waals surface area contributed by atoms with Crippen molar-refractivity contribution in [1.29, 1.82) is 0 Å². The molecule has 4 nitrogen and oxygen atoms in total. The quantitative estimate of drug-likeness (QED) is 0.191. The molecule has 2 aromatic rings. The predicted molar refractivity (Wildman–Crippen MR) is 159 cm³/mol. The van der Waals surface area contributed by atoms with E-state index in [4.69, 9.17) is 4.74 Å². The summed E-state index contributed by atoms with van der Waals surface area (Å²) in [5.41, 5.74) is 2.03. The van der Waals surface area contributed by atoms with E-state index in [9.17, 15) is 9.18 Å².